The molecule has 1 amide bonds. The molecule has 0 aromatic heterocycles. The maximum Gasteiger partial charge on any atom is 0.248 e. The van der Waals surface area contributed by atoms with Crippen LogP contribution in [0.25, 0.3) is 6.08 Å². The van der Waals surface area contributed by atoms with Crippen LogP contribution in [0.4, 0.5) is 5.69 Å². The Morgan fingerprint density at radius 2 is 2.00 bits per heavy atom. The van der Waals surface area contributed by atoms with Crippen LogP contribution in [0.5, 0.6) is 11.5 Å². The van der Waals surface area contributed by atoms with E-state index in [1.807, 2.05) is 42.5 Å². The van der Waals surface area contributed by atoms with Crippen LogP contribution in [0.3, 0.4) is 0 Å². The van der Waals surface area contributed by atoms with Crippen molar-refractivity contribution in [2.45, 2.75) is 13.3 Å². The van der Waals surface area contributed by atoms with E-state index in [-0.39, 0.29) is 12.7 Å². The van der Waals surface area contributed by atoms with Gasteiger partial charge < -0.3 is 14.8 Å². The van der Waals surface area contributed by atoms with Gasteiger partial charge in [-0.1, -0.05) is 31.2 Å². The summed E-state index contributed by atoms with van der Waals surface area (Å²) in [5.41, 5.74) is 2.86. The minimum atomic E-state index is -0.154. The van der Waals surface area contributed by atoms with E-state index in [9.17, 15) is 4.79 Å². The largest absolute Gasteiger partial charge is 0.454 e. The molecule has 22 heavy (non-hydrogen) atoms. The van der Waals surface area contributed by atoms with Crippen LogP contribution in [0.2, 0.25) is 0 Å². The van der Waals surface area contributed by atoms with Crippen molar-refractivity contribution in [1.82, 2.24) is 0 Å². The third kappa shape index (κ3) is 3.11. The first kappa shape index (κ1) is 14.2. The molecule has 1 N–H and O–H groups in total. The molecule has 2 aromatic rings. The zero-order valence-electron chi connectivity index (χ0n) is 12.3. The molecule has 1 aliphatic heterocycles. The van der Waals surface area contributed by atoms with Gasteiger partial charge >= 0.3 is 0 Å². The van der Waals surface area contributed by atoms with Gasteiger partial charge in [0, 0.05) is 11.8 Å². The van der Waals surface area contributed by atoms with Crippen molar-refractivity contribution in [2.24, 2.45) is 0 Å². The number of hydrogen-bond acceptors (Lipinski definition) is 3. The quantitative estimate of drug-likeness (QED) is 0.876. The highest BCUT2D eigenvalue weighted by molar-refractivity contribution is 6.02. The fourth-order valence-electron chi connectivity index (χ4n) is 2.31. The molecule has 1 aliphatic rings. The Morgan fingerprint density at radius 3 is 2.86 bits per heavy atom. The number of nitrogens with one attached hydrogen (secondary N) is 1. The summed E-state index contributed by atoms with van der Waals surface area (Å²) >= 11 is 0. The Morgan fingerprint density at radius 1 is 1.18 bits per heavy atom. The number of amides is 1. The van der Waals surface area contributed by atoms with E-state index in [4.69, 9.17) is 9.47 Å². The van der Waals surface area contributed by atoms with Gasteiger partial charge in [-0.05, 0) is 41.8 Å². The number of anilines is 1. The zero-order chi connectivity index (χ0) is 15.4. The van der Waals surface area contributed by atoms with Crippen LogP contribution in [0.1, 0.15) is 18.1 Å². The standard InChI is InChI=1S/C18H17NO3/c1-2-14-5-3-4-6-15(14)19-18(20)10-8-13-7-9-16-17(11-13)22-12-21-16/h3-11H,2,12H2,1H3,(H,19,20)/b10-8-. The normalized spacial score (nSPS) is 12.6. The van der Waals surface area contributed by atoms with Crippen molar-refractivity contribution < 1.29 is 14.3 Å². The molecular formula is C18H17NO3. The molecule has 0 radical (unpaired) electrons. The third-order valence-corrected chi connectivity index (χ3v) is 3.48. The Labute approximate surface area is 129 Å². The molecule has 2 aromatic carbocycles. The van der Waals surface area contributed by atoms with Crippen LogP contribution >= 0.6 is 0 Å². The molecule has 4 nitrogen and oxygen atoms in total. The first-order valence-corrected chi connectivity index (χ1v) is 7.23. The summed E-state index contributed by atoms with van der Waals surface area (Å²) in [4.78, 5) is 12.0. The highest BCUT2D eigenvalue weighted by atomic mass is 16.7. The molecule has 112 valence electrons. The lowest BCUT2D eigenvalue weighted by Crippen LogP contribution is -2.09. The number of rotatable bonds is 4. The van der Waals surface area contributed by atoms with E-state index in [0.29, 0.717) is 5.75 Å². The Bertz CT molecular complexity index is 722. The average molecular weight is 295 g/mol. The zero-order valence-corrected chi connectivity index (χ0v) is 12.3. The third-order valence-electron chi connectivity index (χ3n) is 3.48. The molecule has 0 aliphatic carbocycles. The number of hydrogen-bond donors (Lipinski definition) is 1. The molecule has 0 saturated heterocycles. The first-order valence-electron chi connectivity index (χ1n) is 7.23. The number of carbonyl (C=O) groups is 1. The van der Waals surface area contributed by atoms with Crippen molar-refractivity contribution in [2.75, 3.05) is 12.1 Å². The van der Waals surface area contributed by atoms with Gasteiger partial charge in [0.05, 0.1) is 0 Å². The summed E-state index contributed by atoms with van der Waals surface area (Å²) in [7, 11) is 0. The smallest absolute Gasteiger partial charge is 0.248 e. The van der Waals surface area contributed by atoms with E-state index in [1.54, 1.807) is 6.08 Å². The van der Waals surface area contributed by atoms with E-state index in [2.05, 4.69) is 12.2 Å². The van der Waals surface area contributed by atoms with Gasteiger partial charge in [-0.25, -0.2) is 0 Å². The highest BCUT2D eigenvalue weighted by Gasteiger charge is 2.12. The predicted octanol–water partition coefficient (Wildman–Crippen LogP) is 3.63. The number of fused-ring (bicyclic) bond motifs is 1. The number of para-hydroxylation sites is 1. The Kier molecular flexibility index (Phi) is 4.10. The lowest BCUT2D eigenvalue weighted by Gasteiger charge is -2.07. The summed E-state index contributed by atoms with van der Waals surface area (Å²) in [6.45, 7) is 2.31. The average Bonchev–Trinajstić information content (AvgIpc) is 3.01. The summed E-state index contributed by atoms with van der Waals surface area (Å²) in [5, 5.41) is 2.90. The number of aryl methyl sites for hydroxylation is 1. The molecule has 3 rings (SSSR count). The van der Waals surface area contributed by atoms with E-state index in [1.165, 1.54) is 6.08 Å². The maximum absolute atomic E-state index is 12.0. The first-order chi connectivity index (χ1) is 10.8. The van der Waals surface area contributed by atoms with Crippen LogP contribution in [0, 0.1) is 0 Å². The van der Waals surface area contributed by atoms with Crippen LogP contribution in [-0.4, -0.2) is 12.7 Å². The second-order valence-corrected chi connectivity index (χ2v) is 4.95. The Balaban J connectivity index is 1.69. The molecule has 0 atom stereocenters. The minimum absolute atomic E-state index is 0.154. The topological polar surface area (TPSA) is 47.6 Å². The molecule has 0 fully saturated rings. The van der Waals surface area contributed by atoms with E-state index >= 15 is 0 Å². The number of benzene rings is 2. The number of carbonyl (C=O) groups excluding carboxylic acids is 1. The van der Waals surface area contributed by atoms with Crippen molar-refractivity contribution in [1.29, 1.82) is 0 Å². The monoisotopic (exact) mass is 295 g/mol. The molecule has 0 spiro atoms. The van der Waals surface area contributed by atoms with Gasteiger partial charge in [0.1, 0.15) is 0 Å². The molecular weight excluding hydrogens is 278 g/mol. The van der Waals surface area contributed by atoms with Crippen molar-refractivity contribution in [3.63, 3.8) is 0 Å². The van der Waals surface area contributed by atoms with Crippen molar-refractivity contribution in [3.05, 3.63) is 59.7 Å². The number of ether oxygens (including phenoxy) is 2. The molecule has 0 saturated carbocycles. The predicted molar refractivity (Wildman–Crippen MR) is 86.0 cm³/mol. The van der Waals surface area contributed by atoms with Crippen LogP contribution in [-0.2, 0) is 11.2 Å². The van der Waals surface area contributed by atoms with Crippen molar-refractivity contribution >= 4 is 17.7 Å². The van der Waals surface area contributed by atoms with Gasteiger partial charge in [0.2, 0.25) is 12.7 Å². The van der Waals surface area contributed by atoms with Gasteiger partial charge in [-0.3, -0.25) is 4.79 Å². The summed E-state index contributed by atoms with van der Waals surface area (Å²) in [6, 6.07) is 13.4. The second-order valence-electron chi connectivity index (χ2n) is 4.95. The van der Waals surface area contributed by atoms with Crippen LogP contribution < -0.4 is 14.8 Å². The lowest BCUT2D eigenvalue weighted by atomic mass is 10.1. The highest BCUT2D eigenvalue weighted by Crippen LogP contribution is 2.32. The van der Waals surface area contributed by atoms with Crippen LogP contribution in [0.15, 0.2) is 48.5 Å². The molecule has 0 unspecified atom stereocenters. The lowest BCUT2D eigenvalue weighted by molar-refractivity contribution is -0.111. The van der Waals surface area contributed by atoms with Gasteiger partial charge in [0.15, 0.2) is 11.5 Å². The van der Waals surface area contributed by atoms with E-state index < -0.39 is 0 Å². The maximum atomic E-state index is 12.0. The summed E-state index contributed by atoms with van der Waals surface area (Å²) in [6.07, 6.45) is 4.15. The summed E-state index contributed by atoms with van der Waals surface area (Å²) in [5.74, 6) is 1.29. The Hall–Kier alpha value is -2.75. The molecule has 0 bridgehead atoms. The van der Waals surface area contributed by atoms with Gasteiger partial charge in [-0.15, -0.1) is 0 Å². The SMILES string of the molecule is CCc1ccccc1NC(=O)/C=C\c1ccc2c(c1)OCO2. The fourth-order valence-corrected chi connectivity index (χ4v) is 2.31. The molecule has 1 heterocycles. The minimum Gasteiger partial charge on any atom is -0.454 e. The molecule has 4 heteroatoms. The van der Waals surface area contributed by atoms with Gasteiger partial charge in [-0.2, -0.15) is 0 Å². The summed E-state index contributed by atoms with van der Waals surface area (Å²) < 4.78 is 10.6. The van der Waals surface area contributed by atoms with Gasteiger partial charge in [0.25, 0.3) is 0 Å². The van der Waals surface area contributed by atoms with E-state index in [0.717, 1.165) is 29.0 Å². The van der Waals surface area contributed by atoms with Crippen molar-refractivity contribution in [3.8, 4) is 11.5 Å². The fraction of sp³-hybridized carbons (Fsp3) is 0.167. The second kappa shape index (κ2) is 6.35.